The summed E-state index contributed by atoms with van der Waals surface area (Å²) in [5, 5.41) is 2.94. The predicted octanol–water partition coefficient (Wildman–Crippen LogP) is 2.12. The van der Waals surface area contributed by atoms with Crippen LogP contribution in [-0.4, -0.2) is 86.7 Å². The van der Waals surface area contributed by atoms with Crippen LogP contribution in [0.2, 0.25) is 0 Å². The molecule has 1 atom stereocenters. The van der Waals surface area contributed by atoms with E-state index in [1.807, 2.05) is 33.9 Å². The number of nitrogens with zero attached hydrogens (tertiary/aromatic N) is 7. The van der Waals surface area contributed by atoms with E-state index in [0.717, 1.165) is 57.3 Å². The number of likely N-dealkylation sites (tertiary alicyclic amines) is 2. The molecule has 0 spiro atoms. The number of carbonyl (C=O) groups is 3. The highest BCUT2D eigenvalue weighted by Gasteiger charge is 2.29. The molecule has 13 nitrogen and oxygen atoms in total. The summed E-state index contributed by atoms with van der Waals surface area (Å²) in [4.78, 5) is 62.1. The maximum atomic E-state index is 13.4. The van der Waals surface area contributed by atoms with Crippen LogP contribution in [-0.2, 0) is 16.1 Å². The number of rotatable bonds is 9. The Balaban J connectivity index is 1.23. The Morgan fingerprint density at radius 2 is 1.56 bits per heavy atom. The fourth-order valence-electron chi connectivity index (χ4n) is 5.66. The van der Waals surface area contributed by atoms with Crippen molar-refractivity contribution in [2.24, 2.45) is 0 Å². The van der Waals surface area contributed by atoms with Gasteiger partial charge in [-0.25, -0.2) is 9.97 Å². The van der Waals surface area contributed by atoms with Gasteiger partial charge in [0, 0.05) is 50.9 Å². The number of benzene rings is 1. The molecule has 2 aromatic heterocycles. The molecule has 0 saturated carbocycles. The van der Waals surface area contributed by atoms with Gasteiger partial charge in [0.25, 0.3) is 5.91 Å². The third-order valence-corrected chi connectivity index (χ3v) is 8.10. The van der Waals surface area contributed by atoms with Crippen LogP contribution in [0, 0.1) is 0 Å². The van der Waals surface area contributed by atoms with Gasteiger partial charge in [-0.3, -0.25) is 14.4 Å². The Morgan fingerprint density at radius 1 is 0.907 bits per heavy atom. The van der Waals surface area contributed by atoms with Crippen molar-refractivity contribution >= 4 is 46.3 Å². The number of amides is 3. The average molecular weight is 589 g/mol. The number of anilines is 3. The lowest BCUT2D eigenvalue weighted by Crippen LogP contribution is -2.50. The molecule has 2 saturated heterocycles. The van der Waals surface area contributed by atoms with Crippen molar-refractivity contribution in [2.75, 3.05) is 49.6 Å². The molecule has 2 aliphatic heterocycles. The largest absolute Gasteiger partial charge is 0.382 e. The van der Waals surface area contributed by atoms with Crippen molar-refractivity contribution in [3.8, 4) is 0 Å². The summed E-state index contributed by atoms with van der Waals surface area (Å²) in [7, 11) is 1.90. The first-order valence-corrected chi connectivity index (χ1v) is 15.0. The molecule has 1 aromatic carbocycles. The highest BCUT2D eigenvalue weighted by Crippen LogP contribution is 2.20. The quantitative estimate of drug-likeness (QED) is 0.336. The monoisotopic (exact) mass is 588 g/mol. The van der Waals surface area contributed by atoms with E-state index in [0.29, 0.717) is 42.1 Å². The summed E-state index contributed by atoms with van der Waals surface area (Å²) in [5.41, 5.74) is 14.3. The Kier molecular flexibility index (Phi) is 9.48. The van der Waals surface area contributed by atoms with Gasteiger partial charge in [0.1, 0.15) is 6.04 Å². The normalized spacial score (nSPS) is 16.1. The van der Waals surface area contributed by atoms with Crippen molar-refractivity contribution in [3.05, 3.63) is 41.7 Å². The second-order valence-electron chi connectivity index (χ2n) is 11.3. The molecule has 0 radical (unpaired) electrons. The van der Waals surface area contributed by atoms with Gasteiger partial charge < -0.3 is 31.5 Å². The number of aromatic nitrogens is 4. The number of fused-ring (bicyclic) bond motifs is 1. The summed E-state index contributed by atoms with van der Waals surface area (Å²) < 4.78 is 0. The van der Waals surface area contributed by atoms with Crippen molar-refractivity contribution in [3.63, 3.8) is 0 Å². The number of hydrogen-bond donors (Lipinski definition) is 3. The van der Waals surface area contributed by atoms with Gasteiger partial charge in [-0.15, -0.1) is 0 Å². The summed E-state index contributed by atoms with van der Waals surface area (Å²) in [6.45, 7) is 3.32. The van der Waals surface area contributed by atoms with Gasteiger partial charge in [0.2, 0.25) is 17.8 Å². The van der Waals surface area contributed by atoms with E-state index in [9.17, 15) is 14.4 Å². The van der Waals surface area contributed by atoms with Crippen LogP contribution in [0.25, 0.3) is 11.2 Å². The van der Waals surface area contributed by atoms with Gasteiger partial charge in [-0.05, 0) is 69.2 Å². The molecule has 1 unspecified atom stereocenters. The summed E-state index contributed by atoms with van der Waals surface area (Å²) in [6, 6.07) is 6.37. The summed E-state index contributed by atoms with van der Waals surface area (Å²) in [5.74, 6) is -0.191. The van der Waals surface area contributed by atoms with Crippen molar-refractivity contribution in [2.45, 2.75) is 64.0 Å². The average Bonchev–Trinajstić information content (AvgIpc) is 3.03. The standard InChI is InChI=1S/C30H40N10O3/c1-38(19-21-18-33-27-25(34-21)26(31)36-30(32)37-27)22-10-8-20(9-11-22)28(42)35-23(29(43)40-16-6-3-7-17-40)12-13-24(41)39-14-4-2-5-15-39/h8-11,18,23H,2-7,12-17,19H2,1H3,(H,35,42)(H4,31,32,33,36,37). The lowest BCUT2D eigenvalue weighted by molar-refractivity contribution is -0.135. The molecule has 2 aliphatic rings. The molecule has 5 N–H and O–H groups in total. The molecule has 4 heterocycles. The Bertz CT molecular complexity index is 1450. The first-order valence-electron chi connectivity index (χ1n) is 15.0. The number of nitrogen functional groups attached to an aromatic ring is 2. The minimum Gasteiger partial charge on any atom is -0.382 e. The molecule has 3 amide bonds. The first-order chi connectivity index (χ1) is 20.8. The van der Waals surface area contributed by atoms with Gasteiger partial charge in [0.15, 0.2) is 17.0 Å². The molecule has 5 rings (SSSR count). The molecule has 3 aromatic rings. The number of hydrogen-bond acceptors (Lipinski definition) is 10. The smallest absolute Gasteiger partial charge is 0.251 e. The molecule has 228 valence electrons. The number of nitrogens with two attached hydrogens (primary N) is 2. The molecular formula is C30H40N10O3. The van der Waals surface area contributed by atoms with Crippen molar-refractivity contribution in [1.29, 1.82) is 0 Å². The fraction of sp³-hybridized carbons (Fsp3) is 0.500. The van der Waals surface area contributed by atoms with Gasteiger partial charge in [-0.2, -0.15) is 9.97 Å². The molecule has 0 aliphatic carbocycles. The van der Waals surface area contributed by atoms with E-state index >= 15 is 0 Å². The highest BCUT2D eigenvalue weighted by atomic mass is 16.2. The highest BCUT2D eigenvalue weighted by molar-refractivity contribution is 5.98. The van der Waals surface area contributed by atoms with Crippen molar-refractivity contribution in [1.82, 2.24) is 35.1 Å². The summed E-state index contributed by atoms with van der Waals surface area (Å²) >= 11 is 0. The van der Waals surface area contributed by atoms with Crippen LogP contribution in [0.4, 0.5) is 17.5 Å². The molecular weight excluding hydrogens is 548 g/mol. The molecule has 43 heavy (non-hydrogen) atoms. The van der Waals surface area contributed by atoms with Crippen LogP contribution >= 0.6 is 0 Å². The molecule has 13 heteroatoms. The minimum absolute atomic E-state index is 0.0430. The van der Waals surface area contributed by atoms with E-state index in [1.54, 1.807) is 18.3 Å². The number of nitrogens with one attached hydrogen (secondary N) is 1. The summed E-state index contributed by atoms with van der Waals surface area (Å²) in [6.07, 6.45) is 8.30. The van der Waals surface area contributed by atoms with E-state index < -0.39 is 6.04 Å². The van der Waals surface area contributed by atoms with Gasteiger partial charge >= 0.3 is 0 Å². The van der Waals surface area contributed by atoms with E-state index in [2.05, 4.69) is 25.3 Å². The first kappa shape index (κ1) is 29.9. The van der Waals surface area contributed by atoms with Crippen LogP contribution in [0.5, 0.6) is 0 Å². The fourth-order valence-corrected chi connectivity index (χ4v) is 5.66. The lowest BCUT2D eigenvalue weighted by atomic mass is 10.0. The zero-order valence-electron chi connectivity index (χ0n) is 24.7. The van der Waals surface area contributed by atoms with Gasteiger partial charge in [-0.1, -0.05) is 0 Å². The zero-order valence-corrected chi connectivity index (χ0v) is 24.7. The van der Waals surface area contributed by atoms with Gasteiger partial charge in [0.05, 0.1) is 18.4 Å². The topological polar surface area (TPSA) is 177 Å². The SMILES string of the molecule is CN(Cc1cnc2nc(N)nc(N)c2n1)c1ccc(C(=O)NC(CCC(=O)N2CCCCC2)C(=O)N2CCCCC2)cc1. The van der Waals surface area contributed by atoms with Crippen LogP contribution < -0.4 is 21.7 Å². The Morgan fingerprint density at radius 3 is 2.23 bits per heavy atom. The second-order valence-corrected chi connectivity index (χ2v) is 11.3. The van der Waals surface area contributed by atoms with E-state index in [4.69, 9.17) is 11.5 Å². The number of carbonyl (C=O) groups excluding carboxylic acids is 3. The van der Waals surface area contributed by atoms with E-state index in [-0.39, 0.29) is 42.3 Å². The third kappa shape index (κ3) is 7.46. The van der Waals surface area contributed by atoms with Crippen LogP contribution in [0.1, 0.15) is 67.4 Å². The van der Waals surface area contributed by atoms with Crippen LogP contribution in [0.3, 0.4) is 0 Å². The van der Waals surface area contributed by atoms with Crippen LogP contribution in [0.15, 0.2) is 30.5 Å². The second kappa shape index (κ2) is 13.6. The predicted molar refractivity (Wildman–Crippen MR) is 164 cm³/mol. The maximum absolute atomic E-state index is 13.4. The molecule has 2 fully saturated rings. The van der Waals surface area contributed by atoms with E-state index in [1.165, 1.54) is 0 Å². The Hall–Kier alpha value is -4.55. The minimum atomic E-state index is -0.750. The third-order valence-electron chi connectivity index (χ3n) is 8.10. The van der Waals surface area contributed by atoms with Crippen molar-refractivity contribution < 1.29 is 14.4 Å². The number of piperidine rings is 2. The Labute approximate surface area is 251 Å². The maximum Gasteiger partial charge on any atom is 0.251 e. The zero-order chi connectivity index (χ0) is 30.3. The molecule has 0 bridgehead atoms. The lowest BCUT2D eigenvalue weighted by Gasteiger charge is -2.31.